The molecule has 2 amide bonds. The zero-order valence-electron chi connectivity index (χ0n) is 24.9. The molecule has 43 heavy (non-hydrogen) atoms. The number of carbonyl (C=O) groups excluding carboxylic acids is 2. The van der Waals surface area contributed by atoms with Gasteiger partial charge in [0.25, 0.3) is 0 Å². The average Bonchev–Trinajstić information content (AvgIpc) is 3.23. The van der Waals surface area contributed by atoms with Gasteiger partial charge in [-0.15, -0.1) is 0 Å². The van der Waals surface area contributed by atoms with E-state index in [0.717, 1.165) is 40.0 Å². The minimum atomic E-state index is -1.75. The predicted octanol–water partition coefficient (Wildman–Crippen LogP) is 2.65. The van der Waals surface area contributed by atoms with Crippen LogP contribution in [0.25, 0.3) is 6.08 Å². The Morgan fingerprint density at radius 3 is 2.47 bits per heavy atom. The molecule has 0 spiro atoms. The number of benzene rings is 2. The fourth-order valence-corrected chi connectivity index (χ4v) is 7.20. The Kier molecular flexibility index (Phi) is 9.29. The number of anilines is 1. The molecule has 0 bridgehead atoms. The number of aryl methyl sites for hydroxylation is 2. The van der Waals surface area contributed by atoms with Gasteiger partial charge in [0.15, 0.2) is 0 Å². The average molecular weight is 587 g/mol. The standard InChI is InChI=1S/C32H39B2NO8/c1-4-6-20(13-21-11-18(2)30(37)19(3)12-21)9-10-27-28-22(17-36)14-25-29(26(28)16-33(40)43-27)32(39)35(31(25)38)24-8-5-7-23(15-24)34(41)42/h5,7-8,11-13,15,25-27,29,36-37,40-42H,4,6,9-10,14,16-17H2,1-3H3/b20-13+/t25-,26+,27-,29-/m1/s1. The van der Waals surface area contributed by atoms with Gasteiger partial charge in [0.1, 0.15) is 5.75 Å². The first-order valence-electron chi connectivity index (χ1n) is 15.0. The van der Waals surface area contributed by atoms with Crippen LogP contribution in [-0.2, 0) is 14.2 Å². The molecule has 2 aromatic carbocycles. The first-order chi connectivity index (χ1) is 20.5. The Balaban J connectivity index is 1.43. The van der Waals surface area contributed by atoms with Gasteiger partial charge in [0, 0.05) is 0 Å². The van der Waals surface area contributed by atoms with E-state index in [9.17, 15) is 34.9 Å². The topological polar surface area (TPSA) is 148 Å². The van der Waals surface area contributed by atoms with Crippen molar-refractivity contribution in [2.45, 2.75) is 65.3 Å². The van der Waals surface area contributed by atoms with E-state index in [1.165, 1.54) is 17.7 Å². The number of phenols is 1. The SMILES string of the molecule is CCC/C(=C\c1cc(C)c(O)c(C)c1)CC[C@H]1OB(O)C[C@H]2C1=C(CO)C[C@H]1C(=O)N(c3cccc(B(O)O)c3)C(=O)[C@H]12. The predicted molar refractivity (Wildman–Crippen MR) is 165 cm³/mol. The zero-order chi connectivity index (χ0) is 31.0. The number of imide groups is 1. The number of amides is 2. The minimum absolute atomic E-state index is 0.141. The lowest BCUT2D eigenvalue weighted by atomic mass is 9.58. The third-order valence-electron chi connectivity index (χ3n) is 9.11. The van der Waals surface area contributed by atoms with Gasteiger partial charge >= 0.3 is 14.2 Å². The molecule has 3 aliphatic rings. The number of phenolic OH excluding ortho intramolecular Hbond substituents is 1. The van der Waals surface area contributed by atoms with Crippen LogP contribution in [0.1, 0.15) is 55.7 Å². The lowest BCUT2D eigenvalue weighted by Crippen LogP contribution is -2.46. The number of aliphatic hydroxyl groups excluding tert-OH is 1. The number of nitrogens with zero attached hydrogens (tertiary/aromatic N) is 1. The molecule has 0 aromatic heterocycles. The lowest BCUT2D eigenvalue weighted by molar-refractivity contribution is -0.122. The van der Waals surface area contributed by atoms with Gasteiger partial charge in [-0.3, -0.25) is 14.5 Å². The number of rotatable bonds is 9. The van der Waals surface area contributed by atoms with Crippen molar-refractivity contribution < 1.29 is 39.5 Å². The third-order valence-corrected chi connectivity index (χ3v) is 9.11. The van der Waals surface area contributed by atoms with Gasteiger partial charge < -0.3 is 29.9 Å². The van der Waals surface area contributed by atoms with Crippen LogP contribution in [-0.4, -0.2) is 64.0 Å². The lowest BCUT2D eigenvalue weighted by Gasteiger charge is -2.43. The van der Waals surface area contributed by atoms with Crippen molar-refractivity contribution >= 4 is 43.3 Å². The molecule has 0 radical (unpaired) electrons. The Bertz CT molecular complexity index is 1450. The van der Waals surface area contributed by atoms with Crippen LogP contribution in [0.5, 0.6) is 5.75 Å². The molecule has 5 N–H and O–H groups in total. The van der Waals surface area contributed by atoms with E-state index in [1.54, 1.807) is 12.1 Å². The van der Waals surface area contributed by atoms with E-state index in [4.69, 9.17) is 4.65 Å². The molecule has 2 heterocycles. The van der Waals surface area contributed by atoms with Crippen LogP contribution in [0.15, 0.2) is 53.1 Å². The zero-order valence-corrected chi connectivity index (χ0v) is 24.9. The first kappa shape index (κ1) is 31.2. The van der Waals surface area contributed by atoms with Gasteiger partial charge in [-0.1, -0.05) is 37.1 Å². The van der Waals surface area contributed by atoms with Gasteiger partial charge in [0.05, 0.1) is 30.2 Å². The fourth-order valence-electron chi connectivity index (χ4n) is 7.20. The first-order valence-corrected chi connectivity index (χ1v) is 15.0. The summed E-state index contributed by atoms with van der Waals surface area (Å²) in [5, 5.41) is 50.7. The maximum absolute atomic E-state index is 13.9. The normalized spacial score (nSPS) is 24.0. The van der Waals surface area contributed by atoms with Crippen molar-refractivity contribution in [2.75, 3.05) is 11.5 Å². The third kappa shape index (κ3) is 6.10. The second-order valence-corrected chi connectivity index (χ2v) is 12.1. The van der Waals surface area contributed by atoms with Gasteiger partial charge in [-0.05, 0) is 109 Å². The highest BCUT2D eigenvalue weighted by Crippen LogP contribution is 2.51. The fraction of sp³-hybridized carbons (Fsp3) is 0.438. The molecular weight excluding hydrogens is 548 g/mol. The van der Waals surface area contributed by atoms with Gasteiger partial charge in [-0.2, -0.15) is 0 Å². The van der Waals surface area contributed by atoms with Gasteiger partial charge in [-0.25, -0.2) is 0 Å². The van der Waals surface area contributed by atoms with E-state index < -0.39 is 49.9 Å². The highest BCUT2D eigenvalue weighted by molar-refractivity contribution is 6.58. The molecule has 1 aliphatic carbocycles. The van der Waals surface area contributed by atoms with E-state index in [1.807, 2.05) is 26.0 Å². The highest BCUT2D eigenvalue weighted by atomic mass is 16.5. The van der Waals surface area contributed by atoms with E-state index in [-0.39, 0.29) is 30.5 Å². The highest BCUT2D eigenvalue weighted by Gasteiger charge is 2.57. The second-order valence-electron chi connectivity index (χ2n) is 12.1. The summed E-state index contributed by atoms with van der Waals surface area (Å²) in [5.74, 6) is -2.36. The number of fused-ring (bicyclic) bond motifs is 3. The van der Waals surface area contributed by atoms with Crippen LogP contribution in [0.3, 0.4) is 0 Å². The molecule has 4 atom stereocenters. The number of carbonyl (C=O) groups is 2. The van der Waals surface area contributed by atoms with E-state index >= 15 is 0 Å². The molecule has 2 aliphatic heterocycles. The largest absolute Gasteiger partial charge is 0.507 e. The summed E-state index contributed by atoms with van der Waals surface area (Å²) in [4.78, 5) is 28.6. The summed E-state index contributed by atoms with van der Waals surface area (Å²) >= 11 is 0. The number of hydrogen-bond donors (Lipinski definition) is 5. The molecule has 2 fully saturated rings. The molecule has 0 unspecified atom stereocenters. The molecule has 0 saturated carbocycles. The van der Waals surface area contributed by atoms with Crippen molar-refractivity contribution in [1.82, 2.24) is 0 Å². The van der Waals surface area contributed by atoms with Crippen molar-refractivity contribution in [3.05, 3.63) is 69.8 Å². The maximum atomic E-state index is 13.9. The Labute approximate surface area is 252 Å². The monoisotopic (exact) mass is 587 g/mol. The summed E-state index contributed by atoms with van der Waals surface area (Å²) < 4.78 is 6.05. The van der Waals surface area contributed by atoms with Crippen LogP contribution < -0.4 is 10.4 Å². The Hall–Kier alpha value is -3.21. The van der Waals surface area contributed by atoms with Crippen molar-refractivity contribution in [3.8, 4) is 5.75 Å². The second kappa shape index (κ2) is 12.8. The van der Waals surface area contributed by atoms with E-state index in [2.05, 4.69) is 13.0 Å². The summed E-state index contributed by atoms with van der Waals surface area (Å²) in [5.41, 5.74) is 5.72. The number of allylic oxidation sites excluding steroid dienone is 1. The summed E-state index contributed by atoms with van der Waals surface area (Å²) in [6.07, 6.45) is 4.97. The quantitative estimate of drug-likeness (QED) is 0.171. The summed E-state index contributed by atoms with van der Waals surface area (Å²) in [6.45, 7) is 5.58. The maximum Gasteiger partial charge on any atom is 0.488 e. The molecule has 226 valence electrons. The van der Waals surface area contributed by atoms with Crippen molar-refractivity contribution in [1.29, 1.82) is 0 Å². The number of aliphatic hydroxyl groups is 1. The Morgan fingerprint density at radius 2 is 1.81 bits per heavy atom. The molecule has 9 nitrogen and oxygen atoms in total. The van der Waals surface area contributed by atoms with E-state index in [0.29, 0.717) is 24.2 Å². The molecule has 2 saturated heterocycles. The van der Waals surface area contributed by atoms with Crippen molar-refractivity contribution in [2.24, 2.45) is 17.8 Å². The van der Waals surface area contributed by atoms with Crippen LogP contribution in [0.4, 0.5) is 5.69 Å². The summed E-state index contributed by atoms with van der Waals surface area (Å²) in [7, 11) is -2.87. The number of aromatic hydroxyl groups is 1. The smallest absolute Gasteiger partial charge is 0.488 e. The van der Waals surface area contributed by atoms with Gasteiger partial charge in [0.2, 0.25) is 11.8 Å². The molecular formula is C32H39B2NO8. The molecule has 5 rings (SSSR count). The van der Waals surface area contributed by atoms with Crippen molar-refractivity contribution in [3.63, 3.8) is 0 Å². The molecule has 11 heteroatoms. The number of hydrogen-bond acceptors (Lipinski definition) is 8. The van der Waals surface area contributed by atoms with Crippen LogP contribution in [0, 0.1) is 31.6 Å². The minimum Gasteiger partial charge on any atom is -0.507 e. The van der Waals surface area contributed by atoms with Crippen LogP contribution in [0.2, 0.25) is 6.32 Å². The Morgan fingerprint density at radius 1 is 1.09 bits per heavy atom. The van der Waals surface area contributed by atoms with Crippen LogP contribution >= 0.6 is 0 Å². The molecule has 2 aromatic rings. The summed E-state index contributed by atoms with van der Waals surface area (Å²) in [6, 6.07) is 9.97.